The minimum atomic E-state index is -0.841. The first-order valence-electron chi connectivity index (χ1n) is 7.17. The van der Waals surface area contributed by atoms with Gasteiger partial charge in [-0.25, -0.2) is 0 Å². The van der Waals surface area contributed by atoms with Gasteiger partial charge in [0, 0.05) is 6.61 Å². The molecular formula is C14H23NO4. The highest BCUT2D eigenvalue weighted by Gasteiger charge is 2.43. The van der Waals surface area contributed by atoms with Gasteiger partial charge in [-0.1, -0.05) is 13.3 Å². The molecular weight excluding hydrogens is 246 g/mol. The number of rotatable bonds is 4. The summed E-state index contributed by atoms with van der Waals surface area (Å²) >= 11 is 0. The lowest BCUT2D eigenvalue weighted by molar-refractivity contribution is -0.146. The molecule has 1 saturated carbocycles. The summed E-state index contributed by atoms with van der Waals surface area (Å²) in [5.41, 5.74) is 0. The van der Waals surface area contributed by atoms with E-state index in [2.05, 4.69) is 12.2 Å². The van der Waals surface area contributed by atoms with Gasteiger partial charge in [-0.3, -0.25) is 9.59 Å². The lowest BCUT2D eigenvalue weighted by Crippen LogP contribution is -2.44. The van der Waals surface area contributed by atoms with Gasteiger partial charge in [0.2, 0.25) is 5.91 Å². The molecule has 108 valence electrons. The lowest BCUT2D eigenvalue weighted by Gasteiger charge is -2.21. The molecule has 0 aromatic heterocycles. The number of carbonyl (C=O) groups is 2. The molecule has 0 bridgehead atoms. The molecule has 1 heterocycles. The first-order chi connectivity index (χ1) is 9.02. The summed E-state index contributed by atoms with van der Waals surface area (Å²) in [6.45, 7) is 4.66. The second-order valence-corrected chi connectivity index (χ2v) is 5.78. The van der Waals surface area contributed by atoms with Crippen molar-refractivity contribution in [3.05, 3.63) is 0 Å². The highest BCUT2D eigenvalue weighted by Crippen LogP contribution is 2.38. The van der Waals surface area contributed by atoms with Crippen molar-refractivity contribution in [1.29, 1.82) is 0 Å². The standard InChI is InChI=1S/C14H23NO4/c1-3-9-6-10(11(7-9)14(17)18)13(16)15-12-4-5-19-8(12)2/h8-12H,3-7H2,1-2H3,(H,15,16)(H,17,18)/t8?,9?,10-,11+,12?/m0/s1. The molecule has 2 aliphatic rings. The average molecular weight is 269 g/mol. The van der Waals surface area contributed by atoms with E-state index in [1.165, 1.54) is 0 Å². The number of aliphatic carboxylic acids is 1. The number of hydrogen-bond donors (Lipinski definition) is 2. The van der Waals surface area contributed by atoms with Crippen LogP contribution in [0, 0.1) is 17.8 Å². The van der Waals surface area contributed by atoms with Gasteiger partial charge in [-0.2, -0.15) is 0 Å². The van der Waals surface area contributed by atoms with Crippen LogP contribution in [0.3, 0.4) is 0 Å². The van der Waals surface area contributed by atoms with E-state index >= 15 is 0 Å². The smallest absolute Gasteiger partial charge is 0.307 e. The molecule has 19 heavy (non-hydrogen) atoms. The van der Waals surface area contributed by atoms with Crippen molar-refractivity contribution in [2.75, 3.05) is 6.61 Å². The first kappa shape index (κ1) is 14.3. The second-order valence-electron chi connectivity index (χ2n) is 5.78. The van der Waals surface area contributed by atoms with Crippen molar-refractivity contribution in [2.45, 2.75) is 51.7 Å². The Labute approximate surface area is 113 Å². The van der Waals surface area contributed by atoms with E-state index in [1.807, 2.05) is 6.92 Å². The Kier molecular flexibility index (Phi) is 4.45. The van der Waals surface area contributed by atoms with E-state index in [0.29, 0.717) is 25.4 Å². The first-order valence-corrected chi connectivity index (χ1v) is 7.17. The predicted octanol–water partition coefficient (Wildman–Crippen LogP) is 1.42. The normalized spacial score (nSPS) is 38.3. The number of carboxylic acid groups (broad SMARTS) is 1. The molecule has 0 aromatic rings. The van der Waals surface area contributed by atoms with Crippen molar-refractivity contribution in [1.82, 2.24) is 5.32 Å². The quantitative estimate of drug-likeness (QED) is 0.809. The largest absolute Gasteiger partial charge is 0.481 e. The van der Waals surface area contributed by atoms with Crippen LogP contribution in [-0.4, -0.2) is 35.7 Å². The Bertz CT molecular complexity index is 357. The molecule has 0 spiro atoms. The summed E-state index contributed by atoms with van der Waals surface area (Å²) in [6.07, 6.45) is 3.10. The molecule has 5 atom stereocenters. The Morgan fingerprint density at radius 2 is 2.00 bits per heavy atom. The van der Waals surface area contributed by atoms with Crippen molar-refractivity contribution in [2.24, 2.45) is 17.8 Å². The van der Waals surface area contributed by atoms with Crippen molar-refractivity contribution in [3.63, 3.8) is 0 Å². The van der Waals surface area contributed by atoms with E-state index in [-0.39, 0.29) is 24.0 Å². The highest BCUT2D eigenvalue weighted by atomic mass is 16.5. The minimum absolute atomic E-state index is 0.0237. The van der Waals surface area contributed by atoms with E-state index in [0.717, 1.165) is 12.8 Å². The SMILES string of the molecule is CCC1C[C@H](C(=O)NC2CCOC2C)[C@H](C(=O)O)C1. The summed E-state index contributed by atoms with van der Waals surface area (Å²) in [4.78, 5) is 23.6. The Hall–Kier alpha value is -1.10. The summed E-state index contributed by atoms with van der Waals surface area (Å²) in [5, 5.41) is 12.2. The number of carboxylic acids is 1. The minimum Gasteiger partial charge on any atom is -0.481 e. The van der Waals surface area contributed by atoms with E-state index in [1.54, 1.807) is 0 Å². The molecule has 5 nitrogen and oxygen atoms in total. The fourth-order valence-electron chi connectivity index (χ4n) is 3.25. The second kappa shape index (κ2) is 5.90. The van der Waals surface area contributed by atoms with Crippen molar-refractivity contribution < 1.29 is 19.4 Å². The number of ether oxygens (including phenoxy) is 1. The molecule has 0 aromatic carbocycles. The van der Waals surface area contributed by atoms with Crippen LogP contribution >= 0.6 is 0 Å². The van der Waals surface area contributed by atoms with Crippen molar-refractivity contribution in [3.8, 4) is 0 Å². The fraction of sp³-hybridized carbons (Fsp3) is 0.857. The van der Waals surface area contributed by atoms with Gasteiger partial charge in [0.25, 0.3) is 0 Å². The molecule has 0 radical (unpaired) electrons. The van der Waals surface area contributed by atoms with Crippen LogP contribution in [0.25, 0.3) is 0 Å². The van der Waals surface area contributed by atoms with E-state index in [4.69, 9.17) is 4.74 Å². The summed E-state index contributed by atoms with van der Waals surface area (Å²) in [5.74, 6) is -1.50. The van der Waals surface area contributed by atoms with E-state index < -0.39 is 11.9 Å². The van der Waals surface area contributed by atoms with Crippen LogP contribution in [0.1, 0.15) is 39.5 Å². The Morgan fingerprint density at radius 1 is 1.32 bits per heavy atom. The zero-order chi connectivity index (χ0) is 14.0. The number of amides is 1. The molecule has 1 aliphatic heterocycles. The molecule has 2 fully saturated rings. The van der Waals surface area contributed by atoms with Crippen LogP contribution in [-0.2, 0) is 14.3 Å². The molecule has 5 heteroatoms. The van der Waals surface area contributed by atoms with Gasteiger partial charge in [0.1, 0.15) is 0 Å². The molecule has 1 amide bonds. The monoisotopic (exact) mass is 269 g/mol. The Morgan fingerprint density at radius 3 is 2.53 bits per heavy atom. The van der Waals surface area contributed by atoms with Gasteiger partial charge in [-0.15, -0.1) is 0 Å². The van der Waals surface area contributed by atoms with Gasteiger partial charge in [-0.05, 0) is 32.1 Å². The van der Waals surface area contributed by atoms with Crippen LogP contribution in [0.5, 0.6) is 0 Å². The van der Waals surface area contributed by atoms with Crippen molar-refractivity contribution >= 4 is 11.9 Å². The van der Waals surface area contributed by atoms with Crippen LogP contribution in [0.4, 0.5) is 0 Å². The van der Waals surface area contributed by atoms with Crippen LogP contribution in [0.15, 0.2) is 0 Å². The van der Waals surface area contributed by atoms with Gasteiger partial charge in [0.15, 0.2) is 0 Å². The third kappa shape index (κ3) is 3.08. The molecule has 3 unspecified atom stereocenters. The summed E-state index contributed by atoms with van der Waals surface area (Å²) in [7, 11) is 0. The Balaban J connectivity index is 1.98. The molecule has 2 N–H and O–H groups in total. The zero-order valence-corrected chi connectivity index (χ0v) is 11.6. The van der Waals surface area contributed by atoms with Gasteiger partial charge in [0.05, 0.1) is 24.0 Å². The maximum absolute atomic E-state index is 12.3. The highest BCUT2D eigenvalue weighted by molar-refractivity contribution is 5.85. The van der Waals surface area contributed by atoms with Crippen LogP contribution in [0.2, 0.25) is 0 Å². The maximum Gasteiger partial charge on any atom is 0.307 e. The average Bonchev–Trinajstić information content (AvgIpc) is 2.96. The summed E-state index contributed by atoms with van der Waals surface area (Å²) < 4.78 is 5.41. The molecule has 2 rings (SSSR count). The van der Waals surface area contributed by atoms with Gasteiger partial charge < -0.3 is 15.2 Å². The third-order valence-corrected chi connectivity index (χ3v) is 4.60. The van der Waals surface area contributed by atoms with Crippen LogP contribution < -0.4 is 5.32 Å². The molecule has 1 saturated heterocycles. The fourth-order valence-corrected chi connectivity index (χ4v) is 3.25. The lowest BCUT2D eigenvalue weighted by atomic mass is 9.94. The summed E-state index contributed by atoms with van der Waals surface area (Å²) in [6, 6.07) is 0.0302. The predicted molar refractivity (Wildman–Crippen MR) is 69.6 cm³/mol. The maximum atomic E-state index is 12.3. The number of carbonyl (C=O) groups excluding carboxylic acids is 1. The number of hydrogen-bond acceptors (Lipinski definition) is 3. The van der Waals surface area contributed by atoms with Gasteiger partial charge >= 0.3 is 5.97 Å². The third-order valence-electron chi connectivity index (χ3n) is 4.60. The topological polar surface area (TPSA) is 75.6 Å². The van der Waals surface area contributed by atoms with E-state index in [9.17, 15) is 14.7 Å². The zero-order valence-electron chi connectivity index (χ0n) is 11.6. The number of nitrogens with one attached hydrogen (secondary N) is 1. The molecule has 1 aliphatic carbocycles.